The van der Waals surface area contributed by atoms with E-state index in [0.29, 0.717) is 12.8 Å². The summed E-state index contributed by atoms with van der Waals surface area (Å²) in [6, 6.07) is 3.29. The molecule has 0 spiro atoms. The standard InChI is InChI=1S/C12H8ClNO4S/c1-2-3-4-5-6-10-7-8-11(14(15)16)9-12(10)19(13,17)18/h1,7-9H,3-4H2. The summed E-state index contributed by atoms with van der Waals surface area (Å²) in [4.78, 5) is 9.51. The van der Waals surface area contributed by atoms with Crippen molar-refractivity contribution in [2.24, 2.45) is 0 Å². The Balaban J connectivity index is 3.28. The van der Waals surface area contributed by atoms with E-state index in [1.807, 2.05) is 0 Å². The summed E-state index contributed by atoms with van der Waals surface area (Å²) in [6.07, 6.45) is 5.88. The van der Waals surface area contributed by atoms with Gasteiger partial charge in [-0.2, -0.15) is 0 Å². The van der Waals surface area contributed by atoms with Crippen LogP contribution in [0, 0.1) is 34.3 Å². The molecule has 5 nitrogen and oxygen atoms in total. The third-order valence-electron chi connectivity index (χ3n) is 2.06. The highest BCUT2D eigenvalue weighted by molar-refractivity contribution is 8.13. The fourth-order valence-corrected chi connectivity index (χ4v) is 2.25. The van der Waals surface area contributed by atoms with Crippen LogP contribution in [0.25, 0.3) is 0 Å². The lowest BCUT2D eigenvalue weighted by molar-refractivity contribution is -0.385. The average Bonchev–Trinajstić information content (AvgIpc) is 2.33. The molecular formula is C12H8ClNO4S. The minimum absolute atomic E-state index is 0.109. The summed E-state index contributed by atoms with van der Waals surface area (Å²) in [5.74, 6) is 7.65. The largest absolute Gasteiger partial charge is 0.270 e. The van der Waals surface area contributed by atoms with E-state index in [1.54, 1.807) is 0 Å². The number of halogens is 1. The molecule has 0 heterocycles. The molecule has 1 aromatic rings. The van der Waals surface area contributed by atoms with Crippen molar-refractivity contribution in [2.75, 3.05) is 0 Å². The molecule has 0 bridgehead atoms. The number of rotatable bonds is 3. The Hall–Kier alpha value is -2.02. The van der Waals surface area contributed by atoms with E-state index in [1.165, 1.54) is 6.07 Å². The maximum Gasteiger partial charge on any atom is 0.270 e. The maximum absolute atomic E-state index is 11.4. The first-order valence-corrected chi connectivity index (χ1v) is 7.32. The van der Waals surface area contributed by atoms with Gasteiger partial charge < -0.3 is 0 Å². The van der Waals surface area contributed by atoms with E-state index in [9.17, 15) is 18.5 Å². The Kier molecular flexibility index (Phi) is 4.94. The summed E-state index contributed by atoms with van der Waals surface area (Å²) < 4.78 is 22.7. The van der Waals surface area contributed by atoms with Crippen LogP contribution in [-0.2, 0) is 9.05 Å². The topological polar surface area (TPSA) is 77.3 Å². The molecule has 0 aliphatic rings. The van der Waals surface area contributed by atoms with Gasteiger partial charge in [-0.25, -0.2) is 8.42 Å². The predicted octanol–water partition coefficient (Wildman–Crippen LogP) is 2.29. The molecule has 0 aliphatic carbocycles. The van der Waals surface area contributed by atoms with Crippen LogP contribution in [0.15, 0.2) is 23.1 Å². The van der Waals surface area contributed by atoms with Gasteiger partial charge in [0, 0.05) is 41.2 Å². The van der Waals surface area contributed by atoms with Crippen LogP contribution in [0.2, 0.25) is 0 Å². The lowest BCUT2D eigenvalue weighted by atomic mass is 10.2. The third-order valence-corrected chi connectivity index (χ3v) is 3.42. The van der Waals surface area contributed by atoms with E-state index in [2.05, 4.69) is 17.8 Å². The van der Waals surface area contributed by atoms with Gasteiger partial charge in [0.2, 0.25) is 0 Å². The molecule has 0 unspecified atom stereocenters. The van der Waals surface area contributed by atoms with Crippen molar-refractivity contribution < 1.29 is 13.3 Å². The SMILES string of the molecule is C#CCCC#Cc1ccc([N+](=O)[O-])cc1S(=O)(=O)Cl. The highest BCUT2D eigenvalue weighted by atomic mass is 35.7. The average molecular weight is 298 g/mol. The van der Waals surface area contributed by atoms with E-state index in [-0.39, 0.29) is 16.1 Å². The van der Waals surface area contributed by atoms with E-state index in [0.717, 1.165) is 12.1 Å². The van der Waals surface area contributed by atoms with Crippen LogP contribution in [0.5, 0.6) is 0 Å². The smallest absolute Gasteiger partial charge is 0.258 e. The molecule has 7 heteroatoms. The molecule has 0 radical (unpaired) electrons. The number of hydrogen-bond donors (Lipinski definition) is 0. The van der Waals surface area contributed by atoms with Crippen LogP contribution in [0.3, 0.4) is 0 Å². The van der Waals surface area contributed by atoms with Crippen molar-refractivity contribution >= 4 is 25.4 Å². The molecule has 0 aliphatic heterocycles. The van der Waals surface area contributed by atoms with Crippen molar-refractivity contribution in [3.05, 3.63) is 33.9 Å². The van der Waals surface area contributed by atoms with Crippen molar-refractivity contribution in [1.29, 1.82) is 0 Å². The molecule has 0 fully saturated rings. The monoisotopic (exact) mass is 297 g/mol. The Morgan fingerprint density at radius 2 is 2.05 bits per heavy atom. The summed E-state index contributed by atoms with van der Waals surface area (Å²) in [5.41, 5.74) is -0.258. The van der Waals surface area contributed by atoms with Gasteiger partial charge >= 0.3 is 0 Å². The van der Waals surface area contributed by atoms with Crippen LogP contribution < -0.4 is 0 Å². The molecule has 0 atom stereocenters. The number of unbranched alkanes of at least 4 members (excludes halogenated alkanes) is 1. The zero-order valence-electron chi connectivity index (χ0n) is 9.59. The van der Waals surface area contributed by atoms with Crippen LogP contribution in [0.4, 0.5) is 5.69 Å². The van der Waals surface area contributed by atoms with Gasteiger partial charge in [0.25, 0.3) is 14.7 Å². The van der Waals surface area contributed by atoms with Gasteiger partial charge in [-0.1, -0.05) is 11.8 Å². The highest BCUT2D eigenvalue weighted by Gasteiger charge is 2.19. The molecule has 19 heavy (non-hydrogen) atoms. The normalized spacial score (nSPS) is 10.1. The molecule has 0 aromatic heterocycles. The van der Waals surface area contributed by atoms with Gasteiger partial charge in [0.05, 0.1) is 4.92 Å². The minimum atomic E-state index is -4.11. The van der Waals surface area contributed by atoms with E-state index < -0.39 is 14.0 Å². The van der Waals surface area contributed by atoms with Gasteiger partial charge in [-0.15, -0.1) is 12.3 Å². The first-order valence-electron chi connectivity index (χ1n) is 5.01. The predicted molar refractivity (Wildman–Crippen MR) is 71.1 cm³/mol. The first-order chi connectivity index (χ1) is 8.86. The molecule has 1 rings (SSSR count). The lowest BCUT2D eigenvalue weighted by Gasteiger charge is -2.00. The molecular weight excluding hydrogens is 290 g/mol. The second-order valence-corrected chi connectivity index (χ2v) is 5.92. The Morgan fingerprint density at radius 3 is 2.58 bits per heavy atom. The van der Waals surface area contributed by atoms with Crippen molar-refractivity contribution in [1.82, 2.24) is 0 Å². The number of nitro benzene ring substituents is 1. The molecule has 0 saturated carbocycles. The summed E-state index contributed by atoms with van der Waals surface area (Å²) >= 11 is 0. The lowest BCUT2D eigenvalue weighted by Crippen LogP contribution is -1.97. The molecule has 1 aromatic carbocycles. The second kappa shape index (κ2) is 6.24. The molecule has 0 amide bonds. The van der Waals surface area contributed by atoms with Gasteiger partial charge in [0.15, 0.2) is 0 Å². The zero-order chi connectivity index (χ0) is 14.5. The van der Waals surface area contributed by atoms with Crippen molar-refractivity contribution in [2.45, 2.75) is 17.7 Å². The Labute approximate surface area is 115 Å². The zero-order valence-corrected chi connectivity index (χ0v) is 11.2. The number of nitrogens with zero attached hydrogens (tertiary/aromatic N) is 1. The minimum Gasteiger partial charge on any atom is -0.258 e. The highest BCUT2D eigenvalue weighted by Crippen LogP contribution is 2.24. The second-order valence-electron chi connectivity index (χ2n) is 3.38. The van der Waals surface area contributed by atoms with Crippen molar-refractivity contribution in [3.8, 4) is 24.2 Å². The molecule has 0 saturated heterocycles. The summed E-state index contributed by atoms with van der Waals surface area (Å²) in [5, 5.41) is 10.6. The van der Waals surface area contributed by atoms with Gasteiger partial charge in [0.1, 0.15) is 4.90 Å². The molecule has 98 valence electrons. The fraction of sp³-hybridized carbons (Fsp3) is 0.167. The number of nitro groups is 1. The molecule has 0 N–H and O–H groups in total. The number of hydrogen-bond acceptors (Lipinski definition) is 4. The van der Waals surface area contributed by atoms with E-state index in [4.69, 9.17) is 17.1 Å². The third kappa shape index (κ3) is 4.29. The van der Waals surface area contributed by atoms with Gasteiger partial charge in [-0.3, -0.25) is 10.1 Å². The maximum atomic E-state index is 11.4. The van der Waals surface area contributed by atoms with Crippen LogP contribution >= 0.6 is 10.7 Å². The first kappa shape index (κ1) is 15.0. The summed E-state index contributed by atoms with van der Waals surface area (Å²) in [6.45, 7) is 0. The number of benzene rings is 1. The fourth-order valence-electron chi connectivity index (χ4n) is 1.22. The van der Waals surface area contributed by atoms with Crippen molar-refractivity contribution in [3.63, 3.8) is 0 Å². The van der Waals surface area contributed by atoms with Crippen LogP contribution in [-0.4, -0.2) is 13.3 Å². The van der Waals surface area contributed by atoms with Crippen LogP contribution in [0.1, 0.15) is 18.4 Å². The quantitative estimate of drug-likeness (QED) is 0.282. The summed E-state index contributed by atoms with van der Waals surface area (Å²) in [7, 11) is 1.12. The van der Waals surface area contributed by atoms with E-state index >= 15 is 0 Å². The Bertz CT molecular complexity index is 707. The Morgan fingerprint density at radius 1 is 1.37 bits per heavy atom. The number of terminal acetylenes is 1. The number of non-ortho nitro benzene ring substituents is 1. The van der Waals surface area contributed by atoms with Gasteiger partial charge in [-0.05, 0) is 6.07 Å².